The van der Waals surface area contributed by atoms with Gasteiger partial charge in [0.15, 0.2) is 0 Å². The van der Waals surface area contributed by atoms with E-state index in [1.165, 1.54) is 6.42 Å². The fraction of sp³-hybridized carbons (Fsp3) is 0.857. The van der Waals surface area contributed by atoms with E-state index in [-0.39, 0.29) is 5.54 Å². The van der Waals surface area contributed by atoms with Crippen LogP contribution in [0.2, 0.25) is 0 Å². The summed E-state index contributed by atoms with van der Waals surface area (Å²) in [5.74, 6) is 0. The van der Waals surface area contributed by atoms with E-state index in [4.69, 9.17) is 4.74 Å². The van der Waals surface area contributed by atoms with Crippen LogP contribution in [0.5, 0.6) is 0 Å². The minimum absolute atomic E-state index is 0.00162. The molecule has 0 aliphatic rings. The van der Waals surface area contributed by atoms with Gasteiger partial charge in [0.05, 0.1) is 17.4 Å². The van der Waals surface area contributed by atoms with Crippen molar-refractivity contribution in [3.63, 3.8) is 0 Å². The molecule has 110 valence electrons. The molecule has 1 aromatic rings. The number of unbranched alkanes of at least 4 members (excludes halogenated alkanes) is 1. The number of nitrogens with one attached hydrogen (secondary N) is 1. The van der Waals surface area contributed by atoms with Crippen molar-refractivity contribution in [2.45, 2.75) is 59.0 Å². The van der Waals surface area contributed by atoms with Crippen molar-refractivity contribution in [1.29, 1.82) is 0 Å². The average Bonchev–Trinajstić information content (AvgIpc) is 2.81. The van der Waals surface area contributed by atoms with Crippen molar-refractivity contribution in [3.8, 4) is 0 Å². The van der Waals surface area contributed by atoms with Crippen LogP contribution in [-0.4, -0.2) is 34.8 Å². The molecule has 0 saturated heterocycles. The summed E-state index contributed by atoms with van der Waals surface area (Å²) >= 11 is 0. The highest BCUT2D eigenvalue weighted by Gasteiger charge is 2.14. The molecule has 0 atom stereocenters. The summed E-state index contributed by atoms with van der Waals surface area (Å²) in [6.45, 7) is 12.0. The molecule has 0 aliphatic heterocycles. The summed E-state index contributed by atoms with van der Waals surface area (Å²) in [5, 5.41) is 11.7. The van der Waals surface area contributed by atoms with Crippen molar-refractivity contribution in [2.24, 2.45) is 0 Å². The monoisotopic (exact) mass is 268 g/mol. The first-order valence-electron chi connectivity index (χ1n) is 7.24. The van der Waals surface area contributed by atoms with Crippen LogP contribution in [0.1, 0.15) is 52.7 Å². The number of ether oxygens (including phenoxy) is 1. The maximum atomic E-state index is 5.50. The van der Waals surface area contributed by atoms with Gasteiger partial charge in [-0.3, -0.25) is 0 Å². The topological polar surface area (TPSA) is 52.0 Å². The average molecular weight is 268 g/mol. The minimum atomic E-state index is -0.00162. The molecule has 0 fully saturated rings. The van der Waals surface area contributed by atoms with Gasteiger partial charge in [0.25, 0.3) is 0 Å². The second-order valence-corrected chi connectivity index (χ2v) is 5.82. The Kier molecular flexibility index (Phi) is 7.02. The summed E-state index contributed by atoms with van der Waals surface area (Å²) in [4.78, 5) is 0. The summed E-state index contributed by atoms with van der Waals surface area (Å²) in [7, 11) is 0. The molecule has 0 amide bonds. The first kappa shape index (κ1) is 16.1. The van der Waals surface area contributed by atoms with Crippen molar-refractivity contribution >= 4 is 0 Å². The smallest absolute Gasteiger partial charge is 0.0965 e. The number of hydrogen-bond acceptors (Lipinski definition) is 4. The Bertz CT molecular complexity index is 343. The highest BCUT2D eigenvalue weighted by atomic mass is 16.5. The lowest BCUT2D eigenvalue weighted by molar-refractivity contribution is 0.128. The molecule has 0 bridgehead atoms. The van der Waals surface area contributed by atoms with Crippen LogP contribution in [0.3, 0.4) is 0 Å². The second kappa shape index (κ2) is 8.27. The zero-order chi connectivity index (χ0) is 14.1. The maximum Gasteiger partial charge on any atom is 0.0965 e. The fourth-order valence-corrected chi connectivity index (χ4v) is 1.57. The summed E-state index contributed by atoms with van der Waals surface area (Å²) < 4.78 is 7.40. The van der Waals surface area contributed by atoms with E-state index < -0.39 is 0 Å². The van der Waals surface area contributed by atoms with Crippen LogP contribution < -0.4 is 5.32 Å². The van der Waals surface area contributed by atoms with E-state index in [2.05, 4.69) is 43.3 Å². The van der Waals surface area contributed by atoms with Gasteiger partial charge in [0, 0.05) is 19.8 Å². The van der Waals surface area contributed by atoms with E-state index in [1.54, 1.807) is 0 Å². The SMILES string of the molecule is CCCCOCCCNCc1cn(C(C)(C)C)nn1. The Morgan fingerprint density at radius 2 is 2.00 bits per heavy atom. The highest BCUT2D eigenvalue weighted by molar-refractivity contribution is 4.93. The van der Waals surface area contributed by atoms with Crippen LogP contribution in [-0.2, 0) is 16.8 Å². The van der Waals surface area contributed by atoms with Crippen LogP contribution in [0.25, 0.3) is 0 Å². The normalized spacial score (nSPS) is 12.0. The van der Waals surface area contributed by atoms with Gasteiger partial charge < -0.3 is 10.1 Å². The molecule has 1 heterocycles. The number of hydrogen-bond donors (Lipinski definition) is 1. The van der Waals surface area contributed by atoms with Crippen molar-refractivity contribution in [2.75, 3.05) is 19.8 Å². The molecule has 1 N–H and O–H groups in total. The Balaban J connectivity index is 2.08. The molecule has 0 unspecified atom stereocenters. The van der Waals surface area contributed by atoms with Crippen molar-refractivity contribution < 1.29 is 4.74 Å². The van der Waals surface area contributed by atoms with E-state index in [0.29, 0.717) is 0 Å². The molecule has 0 aromatic carbocycles. The molecular weight excluding hydrogens is 240 g/mol. The maximum absolute atomic E-state index is 5.50. The quantitative estimate of drug-likeness (QED) is 0.698. The molecule has 19 heavy (non-hydrogen) atoms. The Hall–Kier alpha value is -0.940. The van der Waals surface area contributed by atoms with Gasteiger partial charge in [-0.2, -0.15) is 0 Å². The number of aromatic nitrogens is 3. The molecule has 1 rings (SSSR count). The first-order chi connectivity index (χ1) is 9.04. The summed E-state index contributed by atoms with van der Waals surface area (Å²) in [6.07, 6.45) is 5.40. The Morgan fingerprint density at radius 3 is 2.63 bits per heavy atom. The lowest BCUT2D eigenvalue weighted by Gasteiger charge is -2.17. The van der Waals surface area contributed by atoms with Gasteiger partial charge in [-0.05, 0) is 40.2 Å². The van der Waals surface area contributed by atoms with Gasteiger partial charge in [-0.25, -0.2) is 4.68 Å². The zero-order valence-corrected chi connectivity index (χ0v) is 12.8. The lowest BCUT2D eigenvalue weighted by atomic mass is 10.1. The van der Waals surface area contributed by atoms with Gasteiger partial charge >= 0.3 is 0 Å². The van der Waals surface area contributed by atoms with Gasteiger partial charge in [0.2, 0.25) is 0 Å². The third kappa shape index (κ3) is 6.68. The zero-order valence-electron chi connectivity index (χ0n) is 12.8. The van der Waals surface area contributed by atoms with Gasteiger partial charge in [0.1, 0.15) is 0 Å². The summed E-state index contributed by atoms with van der Waals surface area (Å²) in [5.41, 5.74) is 0.986. The van der Waals surface area contributed by atoms with Crippen LogP contribution in [0, 0.1) is 0 Å². The molecule has 0 spiro atoms. The molecule has 0 saturated carbocycles. The van der Waals surface area contributed by atoms with E-state index in [0.717, 1.165) is 44.8 Å². The first-order valence-corrected chi connectivity index (χ1v) is 7.24. The predicted octanol–water partition coefficient (Wildman–Crippen LogP) is 2.33. The van der Waals surface area contributed by atoms with Crippen LogP contribution >= 0.6 is 0 Å². The number of rotatable bonds is 9. The predicted molar refractivity (Wildman–Crippen MR) is 77.1 cm³/mol. The molecule has 5 heteroatoms. The molecule has 1 aromatic heterocycles. The molecule has 0 aliphatic carbocycles. The van der Waals surface area contributed by atoms with Crippen molar-refractivity contribution in [3.05, 3.63) is 11.9 Å². The standard InChI is InChI=1S/C14H28N4O/c1-5-6-9-19-10-7-8-15-11-13-12-18(17-16-13)14(2,3)4/h12,15H,5-11H2,1-4H3. The van der Waals surface area contributed by atoms with Crippen LogP contribution in [0.15, 0.2) is 6.20 Å². The van der Waals surface area contributed by atoms with E-state index >= 15 is 0 Å². The third-order valence-electron chi connectivity index (χ3n) is 2.82. The van der Waals surface area contributed by atoms with Gasteiger partial charge in [-0.1, -0.05) is 18.6 Å². The van der Waals surface area contributed by atoms with E-state index in [9.17, 15) is 0 Å². The molecule has 0 radical (unpaired) electrons. The molecular formula is C14H28N4O. The second-order valence-electron chi connectivity index (χ2n) is 5.82. The highest BCUT2D eigenvalue weighted by Crippen LogP contribution is 2.11. The Morgan fingerprint density at radius 1 is 1.26 bits per heavy atom. The third-order valence-corrected chi connectivity index (χ3v) is 2.82. The number of nitrogens with zero attached hydrogens (tertiary/aromatic N) is 3. The largest absolute Gasteiger partial charge is 0.381 e. The molecule has 5 nitrogen and oxygen atoms in total. The minimum Gasteiger partial charge on any atom is -0.381 e. The lowest BCUT2D eigenvalue weighted by Crippen LogP contribution is -2.22. The van der Waals surface area contributed by atoms with Gasteiger partial charge in [-0.15, -0.1) is 5.10 Å². The summed E-state index contributed by atoms with van der Waals surface area (Å²) in [6, 6.07) is 0. The van der Waals surface area contributed by atoms with E-state index in [1.807, 2.05) is 10.9 Å². The fourth-order valence-electron chi connectivity index (χ4n) is 1.57. The van der Waals surface area contributed by atoms with Crippen LogP contribution in [0.4, 0.5) is 0 Å². The Labute approximate surface area is 116 Å². The van der Waals surface area contributed by atoms with Crippen molar-refractivity contribution in [1.82, 2.24) is 20.3 Å².